The largest absolute Gasteiger partial charge is 0.451 e. The molecule has 2 N–H and O–H groups in total. The lowest BCUT2D eigenvalue weighted by Crippen LogP contribution is -2.55. The van der Waals surface area contributed by atoms with Crippen molar-refractivity contribution in [1.82, 2.24) is 19.6 Å². The number of nitrogens with two attached hydrogens (primary N) is 1. The first kappa shape index (κ1) is 59.7. The van der Waals surface area contributed by atoms with Crippen molar-refractivity contribution in [3.05, 3.63) is 69.8 Å². The fourth-order valence-electron chi connectivity index (χ4n) is 8.32. The third-order valence-corrected chi connectivity index (χ3v) is 12.4. The van der Waals surface area contributed by atoms with Gasteiger partial charge in [-0.3, -0.25) is 29.3 Å². The Labute approximate surface area is 423 Å². The van der Waals surface area contributed by atoms with Crippen LogP contribution in [-0.2, 0) is 70.1 Å². The smallest absolute Gasteiger partial charge is 0.329 e. The third-order valence-electron chi connectivity index (χ3n) is 12.4. The number of amides is 4. The van der Waals surface area contributed by atoms with Crippen molar-refractivity contribution in [2.45, 2.75) is 156 Å². The van der Waals surface area contributed by atoms with E-state index in [0.29, 0.717) is 16.8 Å². The number of ether oxygens (including phenoxy) is 4. The number of carbonyl (C=O) groups excluding carboxylic acids is 8. The van der Waals surface area contributed by atoms with Gasteiger partial charge in [0.15, 0.2) is 24.4 Å². The van der Waals surface area contributed by atoms with Crippen LogP contribution in [0.3, 0.4) is 0 Å². The predicted octanol–water partition coefficient (Wildman–Crippen LogP) is 5.16. The Hall–Kier alpha value is -6.60. The van der Waals surface area contributed by atoms with E-state index in [9.17, 15) is 48.5 Å². The van der Waals surface area contributed by atoms with Gasteiger partial charge in [-0.05, 0) is 86.5 Å². The number of nitro groups is 1. The minimum atomic E-state index is -1.66. The maximum Gasteiger partial charge on any atom is 0.329 e. The van der Waals surface area contributed by atoms with E-state index in [2.05, 4.69) is 0 Å². The van der Waals surface area contributed by atoms with Crippen LogP contribution in [-0.4, -0.2) is 149 Å². The molecule has 1 fully saturated rings. The number of nitro benzene ring substituents is 1. The topological polar surface area (TPSA) is 256 Å². The normalized spacial score (nSPS) is 24.4. The molecule has 1 saturated heterocycles. The predicted molar refractivity (Wildman–Crippen MR) is 266 cm³/mol. The molecule has 8 atom stereocenters. The van der Waals surface area contributed by atoms with Gasteiger partial charge < -0.3 is 44.3 Å². The van der Waals surface area contributed by atoms with Crippen LogP contribution in [0.5, 0.6) is 0 Å². The number of cyclic esters (lactones) is 4. The van der Waals surface area contributed by atoms with Gasteiger partial charge >= 0.3 is 23.9 Å². The summed E-state index contributed by atoms with van der Waals surface area (Å²) in [7, 11) is 5.33. The highest BCUT2D eigenvalue weighted by Crippen LogP contribution is 2.25. The van der Waals surface area contributed by atoms with E-state index < -0.39 is 101 Å². The van der Waals surface area contributed by atoms with E-state index in [-0.39, 0.29) is 67.9 Å². The number of likely N-dealkylation sites (N-methyl/N-ethyl adjacent to an activating group) is 4. The second-order valence-corrected chi connectivity index (χ2v) is 20.5. The van der Waals surface area contributed by atoms with E-state index in [0.717, 1.165) is 19.6 Å². The van der Waals surface area contributed by atoms with Gasteiger partial charge in [-0.2, -0.15) is 0 Å². The third kappa shape index (κ3) is 16.8. The maximum absolute atomic E-state index is 14.7. The summed E-state index contributed by atoms with van der Waals surface area (Å²) < 4.78 is 23.6. The van der Waals surface area contributed by atoms with Crippen molar-refractivity contribution in [3.8, 4) is 0 Å². The molecule has 3 rings (SSSR count). The zero-order valence-electron chi connectivity index (χ0n) is 44.3. The lowest BCUT2D eigenvalue weighted by Gasteiger charge is -2.35. The number of nitrogen functional groups attached to an aromatic ring is 1. The van der Waals surface area contributed by atoms with Gasteiger partial charge in [0.05, 0.1) is 4.92 Å². The van der Waals surface area contributed by atoms with E-state index in [4.69, 9.17) is 24.7 Å². The van der Waals surface area contributed by atoms with Gasteiger partial charge in [-0.15, -0.1) is 0 Å². The molecule has 20 heteroatoms. The molecule has 72 heavy (non-hydrogen) atoms. The van der Waals surface area contributed by atoms with Crippen molar-refractivity contribution in [3.63, 3.8) is 0 Å². The van der Waals surface area contributed by atoms with Crippen LogP contribution in [0.15, 0.2) is 48.5 Å². The fraction of sp³-hybridized carbons (Fsp3) is 0.615. The molecule has 0 bridgehead atoms. The standard InChI is InChI=1S/C52H76N6O14/c1-29(2)23-39-49(63)69-34(10)46(60)55(12)42(26-32(7)8)52(66)72-44(28-36-17-21-38(22-18-36)58(67)68)48(62)57(14)40(24-30(3)4)50(64)70-33(9)45(59)54(11)41(25-31(5)6)51(65)71-43(47(61)56(39)13)27-35-15-19-37(53)20-16-35/h15-22,29-34,39-44H,23-28,53H2,1-14H3/t33-,34-,39+,40+,41+,42+,43-,44-/m1/s1. The Kier molecular flexibility index (Phi) is 22.2. The number of anilines is 1. The van der Waals surface area contributed by atoms with E-state index >= 15 is 0 Å². The number of non-ortho nitro benzene ring substituents is 1. The molecular weight excluding hydrogens is 933 g/mol. The molecule has 0 spiro atoms. The molecule has 4 amide bonds. The molecular formula is C52H76N6O14. The highest BCUT2D eigenvalue weighted by atomic mass is 16.6. The quantitative estimate of drug-likeness (QED) is 0.0895. The van der Waals surface area contributed by atoms with Crippen molar-refractivity contribution in [2.24, 2.45) is 23.7 Å². The van der Waals surface area contributed by atoms with Crippen LogP contribution in [0.4, 0.5) is 11.4 Å². The highest BCUT2D eigenvalue weighted by molar-refractivity contribution is 5.94. The zero-order valence-corrected chi connectivity index (χ0v) is 44.3. The number of hydrogen-bond donors (Lipinski definition) is 1. The Morgan fingerprint density at radius 3 is 1.01 bits per heavy atom. The van der Waals surface area contributed by atoms with Gasteiger partial charge in [0, 0.05) is 58.9 Å². The van der Waals surface area contributed by atoms with Gasteiger partial charge in [0.25, 0.3) is 29.3 Å². The number of carbonyl (C=O) groups is 8. The van der Waals surface area contributed by atoms with Crippen LogP contribution < -0.4 is 5.73 Å². The lowest BCUT2D eigenvalue weighted by atomic mass is 10.00. The summed E-state index contributed by atoms with van der Waals surface area (Å²) in [5.41, 5.74) is 7.07. The first-order valence-corrected chi connectivity index (χ1v) is 24.5. The molecule has 2 aromatic carbocycles. The molecule has 0 saturated carbocycles. The molecule has 0 radical (unpaired) electrons. The second kappa shape index (κ2) is 26.7. The molecule has 1 heterocycles. The van der Waals surface area contributed by atoms with Crippen LogP contribution in [0.1, 0.15) is 106 Å². The summed E-state index contributed by atoms with van der Waals surface area (Å²) in [4.78, 5) is 130. The molecule has 0 unspecified atom stereocenters. The molecule has 398 valence electrons. The molecule has 20 nitrogen and oxygen atoms in total. The lowest BCUT2D eigenvalue weighted by molar-refractivity contribution is -0.384. The van der Waals surface area contributed by atoms with Gasteiger partial charge in [-0.1, -0.05) is 79.7 Å². The SMILES string of the molecule is CC(C)C[C@H]1C(=O)O[C@H](Cc2ccc([N+](=O)[O-])cc2)C(=O)N(C)[C@@H](CC(C)C)C(=O)O[C@H](C)C(=O)N(C)[C@@H](CC(C)C)C(=O)O[C@H](Cc2ccc(N)cc2)C(=O)N(C)[C@@H](CC(C)C)C(=O)O[C@H](C)C(=O)N1C. The van der Waals surface area contributed by atoms with Crippen LogP contribution in [0.25, 0.3) is 0 Å². The van der Waals surface area contributed by atoms with Gasteiger partial charge in [0.2, 0.25) is 0 Å². The average molecular weight is 1010 g/mol. The summed E-state index contributed by atoms with van der Waals surface area (Å²) in [6.07, 6.45) is -6.55. The van der Waals surface area contributed by atoms with Gasteiger partial charge in [-0.25, -0.2) is 19.2 Å². The van der Waals surface area contributed by atoms with E-state index in [1.807, 2.05) is 27.7 Å². The minimum absolute atomic E-state index is 0.0258. The molecule has 0 aromatic heterocycles. The summed E-state index contributed by atoms with van der Waals surface area (Å²) in [6.45, 7) is 17.1. The maximum atomic E-state index is 14.7. The number of benzene rings is 2. The van der Waals surface area contributed by atoms with E-state index in [1.54, 1.807) is 52.0 Å². The van der Waals surface area contributed by atoms with Crippen molar-refractivity contribution in [1.29, 1.82) is 0 Å². The summed E-state index contributed by atoms with van der Waals surface area (Å²) in [5, 5.41) is 11.5. The highest BCUT2D eigenvalue weighted by Gasteiger charge is 2.43. The number of rotatable bonds is 13. The first-order valence-electron chi connectivity index (χ1n) is 24.5. The van der Waals surface area contributed by atoms with E-state index in [1.165, 1.54) is 66.3 Å². The van der Waals surface area contributed by atoms with Crippen LogP contribution >= 0.6 is 0 Å². The Bertz CT molecular complexity index is 2220. The van der Waals surface area contributed by atoms with Gasteiger partial charge in [0.1, 0.15) is 24.2 Å². The number of esters is 4. The molecule has 2 aromatic rings. The van der Waals surface area contributed by atoms with Crippen LogP contribution in [0.2, 0.25) is 0 Å². The summed E-state index contributed by atoms with van der Waals surface area (Å²) in [5.74, 6) is -8.01. The number of nitrogens with zero attached hydrogens (tertiary/aromatic N) is 5. The molecule has 0 aliphatic carbocycles. The monoisotopic (exact) mass is 1010 g/mol. The fourth-order valence-corrected chi connectivity index (χ4v) is 8.32. The summed E-state index contributed by atoms with van der Waals surface area (Å²) >= 11 is 0. The molecule has 1 aliphatic heterocycles. The van der Waals surface area contributed by atoms with Crippen molar-refractivity contribution < 1.29 is 62.2 Å². The first-order chi connectivity index (χ1) is 33.5. The second-order valence-electron chi connectivity index (χ2n) is 20.5. The average Bonchev–Trinajstić information content (AvgIpc) is 3.31. The minimum Gasteiger partial charge on any atom is -0.451 e. The van der Waals surface area contributed by atoms with Crippen LogP contribution in [0, 0.1) is 33.8 Å². The Morgan fingerprint density at radius 2 is 0.736 bits per heavy atom. The molecule has 1 aliphatic rings. The number of hydrogen-bond acceptors (Lipinski definition) is 15. The van der Waals surface area contributed by atoms with Crippen molar-refractivity contribution >= 4 is 58.9 Å². The summed E-state index contributed by atoms with van der Waals surface area (Å²) in [6, 6.07) is 6.47. The van der Waals surface area contributed by atoms with Crippen molar-refractivity contribution in [2.75, 3.05) is 33.9 Å². The zero-order chi connectivity index (χ0) is 54.5. The Morgan fingerprint density at radius 1 is 0.472 bits per heavy atom. The Balaban J connectivity index is 2.27.